The molecule has 0 aliphatic carbocycles. The zero-order chi connectivity index (χ0) is 25.4. The first kappa shape index (κ1) is 24.0. The minimum atomic E-state index is -1.18. The van der Waals surface area contributed by atoms with Gasteiger partial charge in [-0.3, -0.25) is 19.3 Å². The smallest absolute Gasteiger partial charge is 0.301 e. The molecule has 0 spiro atoms. The van der Waals surface area contributed by atoms with Crippen molar-refractivity contribution in [3.05, 3.63) is 69.7 Å². The van der Waals surface area contributed by atoms with Gasteiger partial charge in [-0.05, 0) is 49.4 Å². The number of aryl methyl sites for hydroxylation is 1. The van der Waals surface area contributed by atoms with Crippen LogP contribution in [0.1, 0.15) is 39.5 Å². The molecule has 2 heterocycles. The Morgan fingerprint density at radius 3 is 2.34 bits per heavy atom. The summed E-state index contributed by atoms with van der Waals surface area (Å²) in [4.78, 5) is 44.5. The topological polar surface area (TPSA) is 126 Å². The van der Waals surface area contributed by atoms with Crippen molar-refractivity contribution in [2.75, 3.05) is 19.1 Å². The number of amides is 1. The first-order valence-electron chi connectivity index (χ1n) is 10.5. The Bertz CT molecular complexity index is 1370. The summed E-state index contributed by atoms with van der Waals surface area (Å²) in [5, 5.41) is 21.5. The van der Waals surface area contributed by atoms with E-state index in [1.54, 1.807) is 31.2 Å². The molecule has 2 N–H and O–H groups in total. The third-order valence-corrected chi connectivity index (χ3v) is 6.88. The normalized spacial score (nSPS) is 17.0. The lowest BCUT2D eigenvalue weighted by Crippen LogP contribution is -2.29. The van der Waals surface area contributed by atoms with E-state index in [0.717, 1.165) is 16.2 Å². The largest absolute Gasteiger partial charge is 0.508 e. The van der Waals surface area contributed by atoms with Crippen molar-refractivity contribution in [2.24, 2.45) is 0 Å². The van der Waals surface area contributed by atoms with Gasteiger partial charge >= 0.3 is 5.91 Å². The number of hydrogen-bond donors (Lipinski definition) is 2. The second-order valence-corrected chi connectivity index (χ2v) is 8.77. The van der Waals surface area contributed by atoms with Crippen molar-refractivity contribution < 1.29 is 34.1 Å². The number of nitrogens with zero attached hydrogens (tertiary/aromatic N) is 2. The average molecular weight is 495 g/mol. The van der Waals surface area contributed by atoms with Crippen LogP contribution in [-0.2, 0) is 9.59 Å². The van der Waals surface area contributed by atoms with E-state index in [1.807, 2.05) is 0 Å². The highest BCUT2D eigenvalue weighted by Crippen LogP contribution is 2.47. The van der Waals surface area contributed by atoms with Crippen LogP contribution in [0.15, 0.2) is 48.0 Å². The number of aromatic nitrogens is 1. The van der Waals surface area contributed by atoms with Crippen LogP contribution in [0.2, 0.25) is 0 Å². The van der Waals surface area contributed by atoms with Crippen molar-refractivity contribution >= 4 is 39.7 Å². The number of carbonyl (C=O) groups is 3. The minimum Gasteiger partial charge on any atom is -0.508 e. The Hall–Kier alpha value is -4.18. The zero-order valence-corrected chi connectivity index (χ0v) is 20.2. The number of aromatic hydroxyl groups is 1. The Balaban J connectivity index is 1.99. The van der Waals surface area contributed by atoms with Crippen LogP contribution < -0.4 is 14.4 Å². The molecule has 0 bridgehead atoms. The number of ketones is 2. The van der Waals surface area contributed by atoms with Gasteiger partial charge in [-0.25, -0.2) is 4.98 Å². The summed E-state index contributed by atoms with van der Waals surface area (Å²) in [7, 11) is 2.91. The van der Waals surface area contributed by atoms with Crippen LogP contribution in [0, 0.1) is 6.92 Å². The molecule has 0 saturated carbocycles. The first-order chi connectivity index (χ1) is 16.7. The van der Waals surface area contributed by atoms with E-state index in [0.29, 0.717) is 16.3 Å². The highest BCUT2D eigenvalue weighted by molar-refractivity contribution is 7.18. The quantitative estimate of drug-likeness (QED) is 0.228. The fraction of sp³-hybridized carbons (Fsp3) is 0.200. The molecular weight excluding hydrogens is 472 g/mol. The highest BCUT2D eigenvalue weighted by atomic mass is 32.1. The number of benzene rings is 2. The standard InChI is InChI=1S/C25H22N2O7S/c1-12-23(13(2)28)35-25(26-12)27-20(17-11-15(29)7-10-18(17)34-4)19(22(31)24(27)32)21(30)14-5-8-16(33-3)9-6-14/h5-11,20,29-30H,1-4H3/b21-19-. The number of phenols is 1. The van der Waals surface area contributed by atoms with Crippen LogP contribution in [-0.4, -0.2) is 46.9 Å². The fourth-order valence-electron chi connectivity index (χ4n) is 3.98. The van der Waals surface area contributed by atoms with E-state index in [9.17, 15) is 24.6 Å². The maximum absolute atomic E-state index is 13.3. The number of aliphatic hydroxyl groups is 1. The lowest BCUT2D eigenvalue weighted by molar-refractivity contribution is -0.132. The molecule has 10 heteroatoms. The van der Waals surface area contributed by atoms with Crippen LogP contribution >= 0.6 is 11.3 Å². The van der Waals surface area contributed by atoms with Crippen LogP contribution in [0.25, 0.3) is 5.76 Å². The van der Waals surface area contributed by atoms with Gasteiger partial charge in [-0.15, -0.1) is 0 Å². The van der Waals surface area contributed by atoms with E-state index >= 15 is 0 Å². The average Bonchev–Trinajstić information content (AvgIpc) is 3.35. The molecule has 1 fully saturated rings. The number of methoxy groups -OCH3 is 2. The number of carbonyl (C=O) groups excluding carboxylic acids is 3. The van der Waals surface area contributed by atoms with Crippen LogP contribution in [0.4, 0.5) is 5.13 Å². The van der Waals surface area contributed by atoms with Gasteiger partial charge in [-0.2, -0.15) is 0 Å². The van der Waals surface area contributed by atoms with E-state index < -0.39 is 23.5 Å². The molecule has 1 aromatic heterocycles. The van der Waals surface area contributed by atoms with Crippen molar-refractivity contribution in [2.45, 2.75) is 19.9 Å². The van der Waals surface area contributed by atoms with Gasteiger partial charge < -0.3 is 19.7 Å². The molecule has 0 radical (unpaired) electrons. The number of anilines is 1. The predicted molar refractivity (Wildman–Crippen MR) is 129 cm³/mol. The number of rotatable bonds is 6. The summed E-state index contributed by atoms with van der Waals surface area (Å²) in [5.74, 6) is -1.82. The monoisotopic (exact) mass is 494 g/mol. The second kappa shape index (κ2) is 9.22. The van der Waals surface area contributed by atoms with Gasteiger partial charge in [0, 0.05) is 18.1 Å². The van der Waals surface area contributed by atoms with E-state index in [2.05, 4.69) is 4.98 Å². The molecule has 1 unspecified atom stereocenters. The number of ether oxygens (including phenoxy) is 2. The first-order valence-corrected chi connectivity index (χ1v) is 11.3. The van der Waals surface area contributed by atoms with Gasteiger partial charge in [0.15, 0.2) is 10.9 Å². The molecule has 1 saturated heterocycles. The number of phenolic OH excluding ortho intramolecular Hbond substituents is 1. The van der Waals surface area contributed by atoms with E-state index in [1.165, 1.54) is 39.3 Å². The van der Waals surface area contributed by atoms with Gasteiger partial charge in [0.2, 0.25) is 0 Å². The van der Waals surface area contributed by atoms with Crippen LogP contribution in [0.3, 0.4) is 0 Å². The number of thiazole rings is 1. The summed E-state index contributed by atoms with van der Waals surface area (Å²) in [6.45, 7) is 3.02. The third-order valence-electron chi connectivity index (χ3n) is 5.63. The summed E-state index contributed by atoms with van der Waals surface area (Å²) < 4.78 is 10.6. The fourth-order valence-corrected chi connectivity index (χ4v) is 4.96. The summed E-state index contributed by atoms with van der Waals surface area (Å²) in [6.07, 6.45) is 0. The van der Waals surface area contributed by atoms with E-state index in [-0.39, 0.29) is 39.1 Å². The van der Waals surface area contributed by atoms with Crippen molar-refractivity contribution in [1.29, 1.82) is 0 Å². The maximum Gasteiger partial charge on any atom is 0.301 e. The SMILES string of the molecule is COc1ccc(/C(O)=C2/C(=O)C(=O)N(c3nc(C)c(C(C)=O)s3)C2c2cc(O)ccc2OC)cc1. The Morgan fingerprint density at radius 1 is 1.09 bits per heavy atom. The molecule has 9 nitrogen and oxygen atoms in total. The summed E-state index contributed by atoms with van der Waals surface area (Å²) in [5.41, 5.74) is 0.754. The molecule has 2 aromatic carbocycles. The number of Topliss-reactive ketones (excluding diaryl/α,β-unsaturated/α-hetero) is 2. The molecule has 1 aliphatic heterocycles. The predicted octanol–water partition coefficient (Wildman–Crippen LogP) is 4.00. The molecule has 4 rings (SSSR count). The molecule has 1 atom stereocenters. The van der Waals surface area contributed by atoms with Crippen molar-refractivity contribution in [3.8, 4) is 17.2 Å². The number of aliphatic hydroxyl groups excluding tert-OH is 1. The molecule has 3 aromatic rings. The summed E-state index contributed by atoms with van der Waals surface area (Å²) >= 11 is 0.969. The Labute approximate surface area is 204 Å². The zero-order valence-electron chi connectivity index (χ0n) is 19.4. The number of hydrogen-bond acceptors (Lipinski definition) is 9. The lowest BCUT2D eigenvalue weighted by Gasteiger charge is -2.24. The molecule has 35 heavy (non-hydrogen) atoms. The molecular formula is C25H22N2O7S. The highest BCUT2D eigenvalue weighted by Gasteiger charge is 2.49. The molecule has 1 aliphatic rings. The van der Waals surface area contributed by atoms with E-state index in [4.69, 9.17) is 9.47 Å². The van der Waals surface area contributed by atoms with Crippen LogP contribution in [0.5, 0.6) is 17.2 Å². The molecule has 1 amide bonds. The van der Waals surface area contributed by atoms with Gasteiger partial charge in [0.05, 0.1) is 30.4 Å². The minimum absolute atomic E-state index is 0.110. The van der Waals surface area contributed by atoms with Gasteiger partial charge in [0.25, 0.3) is 5.78 Å². The van der Waals surface area contributed by atoms with Gasteiger partial charge in [0.1, 0.15) is 29.0 Å². The second-order valence-electron chi connectivity index (χ2n) is 7.79. The Morgan fingerprint density at radius 2 is 1.77 bits per heavy atom. The Kier molecular flexibility index (Phi) is 6.31. The lowest BCUT2D eigenvalue weighted by atomic mass is 9.94. The van der Waals surface area contributed by atoms with Crippen molar-refractivity contribution in [1.82, 2.24) is 4.98 Å². The maximum atomic E-state index is 13.3. The van der Waals surface area contributed by atoms with Gasteiger partial charge in [-0.1, -0.05) is 11.3 Å². The third kappa shape index (κ3) is 4.12. The van der Waals surface area contributed by atoms with Crippen molar-refractivity contribution in [3.63, 3.8) is 0 Å². The molecule has 180 valence electrons. The summed E-state index contributed by atoms with van der Waals surface area (Å²) in [6, 6.07) is 9.40.